The van der Waals surface area contributed by atoms with Crippen molar-refractivity contribution >= 4 is 34.9 Å². The largest absolute Gasteiger partial charge is 0.493 e. The van der Waals surface area contributed by atoms with Gasteiger partial charge in [0.15, 0.2) is 11.5 Å². The van der Waals surface area contributed by atoms with Crippen LogP contribution in [-0.2, 0) is 0 Å². The van der Waals surface area contributed by atoms with Gasteiger partial charge in [-0.15, -0.1) is 0 Å². The standard InChI is InChI=1S/C24H25ClN2O2/c1-4-17(2)29-24-22(25)14-18(15-23(24)28-3)16-26-19-10-12-21(13-11-19)27-20-8-6-5-7-9-20/h5-17,27H,4H2,1-3H3/t17-/m1/s1. The molecule has 0 unspecified atom stereocenters. The van der Waals surface area contributed by atoms with Crippen LogP contribution in [0.15, 0.2) is 71.7 Å². The topological polar surface area (TPSA) is 42.8 Å². The van der Waals surface area contributed by atoms with Gasteiger partial charge in [0.05, 0.1) is 23.9 Å². The van der Waals surface area contributed by atoms with E-state index in [1.807, 2.05) is 73.7 Å². The number of benzene rings is 3. The van der Waals surface area contributed by atoms with Crippen molar-refractivity contribution in [1.29, 1.82) is 0 Å². The zero-order valence-electron chi connectivity index (χ0n) is 16.9. The van der Waals surface area contributed by atoms with Crippen LogP contribution in [0, 0.1) is 0 Å². The fourth-order valence-corrected chi connectivity index (χ4v) is 2.94. The van der Waals surface area contributed by atoms with Crippen LogP contribution in [0.5, 0.6) is 11.5 Å². The van der Waals surface area contributed by atoms with E-state index in [-0.39, 0.29) is 6.10 Å². The molecule has 4 nitrogen and oxygen atoms in total. The van der Waals surface area contributed by atoms with E-state index in [4.69, 9.17) is 21.1 Å². The zero-order chi connectivity index (χ0) is 20.6. The lowest BCUT2D eigenvalue weighted by atomic mass is 10.2. The Balaban J connectivity index is 1.73. The van der Waals surface area contributed by atoms with Gasteiger partial charge in [0, 0.05) is 17.6 Å². The molecule has 0 aliphatic heterocycles. The van der Waals surface area contributed by atoms with E-state index in [1.165, 1.54) is 0 Å². The Morgan fingerprint density at radius 2 is 1.72 bits per heavy atom. The summed E-state index contributed by atoms with van der Waals surface area (Å²) in [7, 11) is 1.61. The van der Waals surface area contributed by atoms with Gasteiger partial charge >= 0.3 is 0 Å². The normalized spacial score (nSPS) is 12.0. The van der Waals surface area contributed by atoms with Gasteiger partial charge in [-0.05, 0) is 67.4 Å². The summed E-state index contributed by atoms with van der Waals surface area (Å²) >= 11 is 6.42. The lowest BCUT2D eigenvalue weighted by Crippen LogP contribution is -2.11. The van der Waals surface area contributed by atoms with Crippen LogP contribution in [0.4, 0.5) is 17.1 Å². The molecule has 0 spiro atoms. The SMILES string of the molecule is CC[C@@H](C)Oc1c(Cl)cc(C=Nc2ccc(Nc3ccccc3)cc2)cc1OC. The Labute approximate surface area is 177 Å². The van der Waals surface area contributed by atoms with Crippen molar-refractivity contribution in [3.05, 3.63) is 77.3 Å². The monoisotopic (exact) mass is 408 g/mol. The third kappa shape index (κ3) is 5.75. The number of ether oxygens (including phenoxy) is 2. The van der Waals surface area contributed by atoms with Gasteiger partial charge in [0.1, 0.15) is 0 Å². The molecule has 0 aromatic heterocycles. The third-order valence-corrected chi connectivity index (χ3v) is 4.72. The highest BCUT2D eigenvalue weighted by molar-refractivity contribution is 6.32. The maximum atomic E-state index is 6.42. The summed E-state index contributed by atoms with van der Waals surface area (Å²) in [4.78, 5) is 4.54. The highest BCUT2D eigenvalue weighted by atomic mass is 35.5. The van der Waals surface area contributed by atoms with Crippen molar-refractivity contribution in [2.45, 2.75) is 26.4 Å². The van der Waals surface area contributed by atoms with E-state index in [9.17, 15) is 0 Å². The first kappa shape index (κ1) is 20.7. The number of nitrogens with one attached hydrogen (secondary N) is 1. The van der Waals surface area contributed by atoms with E-state index in [1.54, 1.807) is 13.3 Å². The number of hydrogen-bond donors (Lipinski definition) is 1. The second-order valence-electron chi connectivity index (χ2n) is 6.67. The Morgan fingerprint density at radius 3 is 2.38 bits per heavy atom. The summed E-state index contributed by atoms with van der Waals surface area (Å²) in [6.07, 6.45) is 2.71. The summed E-state index contributed by atoms with van der Waals surface area (Å²) in [5.41, 5.74) is 3.74. The van der Waals surface area contributed by atoms with Gasteiger partial charge < -0.3 is 14.8 Å². The van der Waals surface area contributed by atoms with Crippen LogP contribution in [0.1, 0.15) is 25.8 Å². The lowest BCUT2D eigenvalue weighted by molar-refractivity contribution is 0.208. The Morgan fingerprint density at radius 1 is 1.03 bits per heavy atom. The molecule has 3 rings (SSSR count). The third-order valence-electron chi connectivity index (χ3n) is 4.44. The lowest BCUT2D eigenvalue weighted by Gasteiger charge is -2.17. The van der Waals surface area contributed by atoms with Crippen LogP contribution in [-0.4, -0.2) is 19.4 Å². The molecular weight excluding hydrogens is 384 g/mol. The smallest absolute Gasteiger partial charge is 0.180 e. The maximum Gasteiger partial charge on any atom is 0.180 e. The van der Waals surface area contributed by atoms with Crippen molar-refractivity contribution in [2.24, 2.45) is 4.99 Å². The molecule has 0 radical (unpaired) electrons. The van der Waals surface area contributed by atoms with Crippen molar-refractivity contribution in [1.82, 2.24) is 0 Å². The molecule has 0 saturated heterocycles. The Kier molecular flexibility index (Phi) is 7.14. The van der Waals surface area contributed by atoms with Gasteiger partial charge in [0.25, 0.3) is 0 Å². The summed E-state index contributed by atoms with van der Waals surface area (Å²) in [6, 6.07) is 21.7. The molecule has 0 aliphatic rings. The fraction of sp³-hybridized carbons (Fsp3) is 0.208. The van der Waals surface area contributed by atoms with Crippen molar-refractivity contribution in [3.63, 3.8) is 0 Å². The number of rotatable bonds is 8. The van der Waals surface area contributed by atoms with Crippen LogP contribution in [0.25, 0.3) is 0 Å². The number of para-hydroxylation sites is 1. The van der Waals surface area contributed by atoms with Gasteiger partial charge in [-0.1, -0.05) is 36.7 Å². The number of hydrogen-bond acceptors (Lipinski definition) is 4. The van der Waals surface area contributed by atoms with Crippen LogP contribution < -0.4 is 14.8 Å². The minimum Gasteiger partial charge on any atom is -0.493 e. The molecule has 0 amide bonds. The molecule has 0 aliphatic carbocycles. The molecule has 0 saturated carbocycles. The molecule has 0 bridgehead atoms. The van der Waals surface area contributed by atoms with Gasteiger partial charge in [-0.3, -0.25) is 4.99 Å². The number of methoxy groups -OCH3 is 1. The second kappa shape index (κ2) is 9.99. The average molecular weight is 409 g/mol. The molecule has 1 N–H and O–H groups in total. The summed E-state index contributed by atoms with van der Waals surface area (Å²) in [5.74, 6) is 1.17. The van der Waals surface area contributed by atoms with Gasteiger partial charge in [0.2, 0.25) is 0 Å². The van der Waals surface area contributed by atoms with E-state index in [0.717, 1.165) is 29.0 Å². The fourth-order valence-electron chi connectivity index (χ4n) is 2.68. The first-order valence-electron chi connectivity index (χ1n) is 9.59. The number of aliphatic imine (C=N–C) groups is 1. The second-order valence-corrected chi connectivity index (χ2v) is 7.07. The Hall–Kier alpha value is -2.98. The highest BCUT2D eigenvalue weighted by Crippen LogP contribution is 2.37. The molecular formula is C24H25ClN2O2. The average Bonchev–Trinajstić information content (AvgIpc) is 2.75. The van der Waals surface area contributed by atoms with Gasteiger partial charge in [-0.2, -0.15) is 0 Å². The van der Waals surface area contributed by atoms with Gasteiger partial charge in [-0.25, -0.2) is 0 Å². The summed E-state index contributed by atoms with van der Waals surface area (Å²) in [6.45, 7) is 4.06. The van der Waals surface area contributed by atoms with E-state index in [2.05, 4.69) is 17.2 Å². The first-order chi connectivity index (χ1) is 14.1. The summed E-state index contributed by atoms with van der Waals surface area (Å²) in [5, 5.41) is 3.86. The molecule has 3 aromatic carbocycles. The maximum absolute atomic E-state index is 6.42. The van der Waals surface area contributed by atoms with Crippen molar-refractivity contribution < 1.29 is 9.47 Å². The molecule has 3 aromatic rings. The van der Waals surface area contributed by atoms with Crippen LogP contribution in [0.3, 0.4) is 0 Å². The van der Waals surface area contributed by atoms with Crippen molar-refractivity contribution in [2.75, 3.05) is 12.4 Å². The van der Waals surface area contributed by atoms with E-state index >= 15 is 0 Å². The molecule has 0 fully saturated rings. The predicted molar refractivity (Wildman–Crippen MR) is 122 cm³/mol. The zero-order valence-corrected chi connectivity index (χ0v) is 17.6. The van der Waals surface area contributed by atoms with E-state index < -0.39 is 0 Å². The highest BCUT2D eigenvalue weighted by Gasteiger charge is 2.14. The van der Waals surface area contributed by atoms with E-state index in [0.29, 0.717) is 16.5 Å². The quantitative estimate of drug-likeness (QED) is 0.407. The first-order valence-corrected chi connectivity index (χ1v) is 9.97. The summed E-state index contributed by atoms with van der Waals surface area (Å²) < 4.78 is 11.3. The minimum absolute atomic E-state index is 0.0592. The van der Waals surface area contributed by atoms with Crippen LogP contribution >= 0.6 is 11.6 Å². The number of nitrogens with zero attached hydrogens (tertiary/aromatic N) is 1. The predicted octanol–water partition coefficient (Wildman–Crippen LogP) is 7.02. The number of halogens is 1. The molecule has 5 heteroatoms. The molecule has 1 atom stereocenters. The van der Waals surface area contributed by atoms with Crippen LogP contribution in [0.2, 0.25) is 5.02 Å². The number of anilines is 2. The molecule has 0 heterocycles. The molecule has 150 valence electrons. The van der Waals surface area contributed by atoms with Crippen molar-refractivity contribution in [3.8, 4) is 11.5 Å². The molecule has 29 heavy (non-hydrogen) atoms. The minimum atomic E-state index is 0.0592. The Bertz CT molecular complexity index is 957.